The fourth-order valence-corrected chi connectivity index (χ4v) is 1.97. The van der Waals surface area contributed by atoms with Gasteiger partial charge in [0.05, 0.1) is 6.07 Å². The Bertz CT molecular complexity index is 352. The Kier molecular flexibility index (Phi) is 6.25. The summed E-state index contributed by atoms with van der Waals surface area (Å²) in [4.78, 5) is 0. The van der Waals surface area contributed by atoms with E-state index in [1.165, 1.54) is 0 Å². The van der Waals surface area contributed by atoms with E-state index in [2.05, 4.69) is 11.4 Å². The Hall–Kier alpha value is -0.750. The molecule has 1 aromatic carbocycles. The van der Waals surface area contributed by atoms with Crippen LogP contribution >= 0.6 is 23.2 Å². The normalized spacial score (nSPS) is 10.1. The lowest BCUT2D eigenvalue weighted by Gasteiger charge is -2.05. The van der Waals surface area contributed by atoms with Crippen molar-refractivity contribution < 1.29 is 0 Å². The van der Waals surface area contributed by atoms with Gasteiger partial charge in [0.1, 0.15) is 0 Å². The summed E-state index contributed by atoms with van der Waals surface area (Å²) < 4.78 is 0. The molecule has 1 N–H and O–H groups in total. The average molecular weight is 257 g/mol. The molecule has 1 aromatic rings. The van der Waals surface area contributed by atoms with Crippen LogP contribution < -0.4 is 5.32 Å². The molecular formula is C12H14Cl2N2. The number of benzene rings is 1. The highest BCUT2D eigenvalue weighted by Crippen LogP contribution is 2.18. The summed E-state index contributed by atoms with van der Waals surface area (Å²) in [6, 6.07) is 7.65. The average Bonchev–Trinajstić information content (AvgIpc) is 2.22. The van der Waals surface area contributed by atoms with Crippen LogP contribution in [0.1, 0.15) is 24.8 Å². The second kappa shape index (κ2) is 7.51. The number of rotatable bonds is 6. The van der Waals surface area contributed by atoms with Crippen LogP contribution in [0.25, 0.3) is 0 Å². The SMILES string of the molecule is N#CCCCCNCc1cc(Cl)cc(Cl)c1. The monoisotopic (exact) mass is 256 g/mol. The zero-order valence-electron chi connectivity index (χ0n) is 8.97. The van der Waals surface area contributed by atoms with Gasteiger partial charge in [0.25, 0.3) is 0 Å². The Morgan fingerprint density at radius 2 is 1.81 bits per heavy atom. The van der Waals surface area contributed by atoms with Crippen LogP contribution in [0.5, 0.6) is 0 Å². The standard InChI is InChI=1S/C12H14Cl2N2/c13-11-6-10(7-12(14)8-11)9-16-5-3-1-2-4-15/h6-8,16H,1-3,5,9H2. The van der Waals surface area contributed by atoms with Crippen molar-refractivity contribution in [3.8, 4) is 6.07 Å². The van der Waals surface area contributed by atoms with Crippen molar-refractivity contribution in [1.29, 1.82) is 5.26 Å². The maximum Gasteiger partial charge on any atom is 0.0621 e. The predicted molar refractivity (Wildman–Crippen MR) is 67.6 cm³/mol. The molecule has 0 aliphatic heterocycles. The molecule has 0 spiro atoms. The highest BCUT2D eigenvalue weighted by Gasteiger charge is 1.97. The van der Waals surface area contributed by atoms with Crippen LogP contribution in [-0.2, 0) is 6.54 Å². The van der Waals surface area contributed by atoms with Crippen LogP contribution in [-0.4, -0.2) is 6.54 Å². The lowest BCUT2D eigenvalue weighted by atomic mass is 10.2. The molecule has 0 fully saturated rings. The predicted octanol–water partition coefficient (Wildman–Crippen LogP) is 3.78. The number of halogens is 2. The maximum absolute atomic E-state index is 8.36. The molecule has 16 heavy (non-hydrogen) atoms. The second-order valence-corrected chi connectivity index (χ2v) is 4.44. The third-order valence-electron chi connectivity index (χ3n) is 2.14. The molecule has 0 amide bonds. The minimum Gasteiger partial charge on any atom is -0.313 e. The Labute approximate surface area is 106 Å². The fourth-order valence-electron chi connectivity index (χ4n) is 1.40. The van der Waals surface area contributed by atoms with Gasteiger partial charge < -0.3 is 5.32 Å². The Morgan fingerprint density at radius 1 is 1.12 bits per heavy atom. The summed E-state index contributed by atoms with van der Waals surface area (Å²) in [5, 5.41) is 13.0. The summed E-state index contributed by atoms with van der Waals surface area (Å²) in [6.07, 6.45) is 2.59. The Morgan fingerprint density at radius 3 is 2.44 bits per heavy atom. The number of hydrogen-bond donors (Lipinski definition) is 1. The molecule has 1 rings (SSSR count). The van der Waals surface area contributed by atoms with E-state index >= 15 is 0 Å². The van der Waals surface area contributed by atoms with Crippen LogP contribution in [0.3, 0.4) is 0 Å². The van der Waals surface area contributed by atoms with Crippen molar-refractivity contribution in [2.24, 2.45) is 0 Å². The quantitative estimate of drug-likeness (QED) is 0.787. The maximum atomic E-state index is 8.36. The lowest BCUT2D eigenvalue weighted by molar-refractivity contribution is 0.629. The first-order valence-corrected chi connectivity index (χ1v) is 6.00. The molecule has 4 heteroatoms. The number of unbranched alkanes of at least 4 members (excludes halogenated alkanes) is 2. The molecule has 0 unspecified atom stereocenters. The van der Waals surface area contributed by atoms with Crippen LogP contribution in [0.4, 0.5) is 0 Å². The number of nitrogens with one attached hydrogen (secondary N) is 1. The molecule has 2 nitrogen and oxygen atoms in total. The fraction of sp³-hybridized carbons (Fsp3) is 0.417. The van der Waals surface area contributed by atoms with Gasteiger partial charge >= 0.3 is 0 Å². The molecule has 0 saturated heterocycles. The number of nitriles is 1. The summed E-state index contributed by atoms with van der Waals surface area (Å²) in [5.41, 5.74) is 1.08. The Balaban J connectivity index is 2.24. The second-order valence-electron chi connectivity index (χ2n) is 3.57. The zero-order valence-corrected chi connectivity index (χ0v) is 10.5. The summed E-state index contributed by atoms with van der Waals surface area (Å²) >= 11 is 11.8. The number of nitrogens with zero attached hydrogens (tertiary/aromatic N) is 1. The van der Waals surface area contributed by atoms with E-state index in [4.69, 9.17) is 28.5 Å². The summed E-state index contributed by atoms with van der Waals surface area (Å²) in [6.45, 7) is 1.67. The molecule has 0 atom stereocenters. The largest absolute Gasteiger partial charge is 0.313 e. The first-order valence-electron chi connectivity index (χ1n) is 5.25. The first kappa shape index (κ1) is 13.3. The summed E-state index contributed by atoms with van der Waals surface area (Å²) in [7, 11) is 0. The van der Waals surface area contributed by atoms with Gasteiger partial charge in [-0.15, -0.1) is 0 Å². The molecule has 0 heterocycles. The molecule has 0 aromatic heterocycles. The third kappa shape index (κ3) is 5.37. The van der Waals surface area contributed by atoms with Crippen LogP contribution in [0.2, 0.25) is 10.0 Å². The highest BCUT2D eigenvalue weighted by molar-refractivity contribution is 6.34. The molecular weight excluding hydrogens is 243 g/mol. The molecule has 0 aliphatic rings. The van der Waals surface area contributed by atoms with Crippen molar-refractivity contribution in [1.82, 2.24) is 5.32 Å². The molecule has 0 bridgehead atoms. The van der Waals surface area contributed by atoms with E-state index in [1.54, 1.807) is 6.07 Å². The van der Waals surface area contributed by atoms with E-state index in [0.29, 0.717) is 16.5 Å². The molecule has 0 radical (unpaired) electrons. The topological polar surface area (TPSA) is 35.8 Å². The van der Waals surface area contributed by atoms with Crippen LogP contribution in [0.15, 0.2) is 18.2 Å². The van der Waals surface area contributed by atoms with Gasteiger partial charge in [-0.2, -0.15) is 5.26 Å². The van der Waals surface area contributed by atoms with Gasteiger partial charge in [0, 0.05) is 23.0 Å². The first-order chi connectivity index (χ1) is 7.72. The van der Waals surface area contributed by atoms with E-state index < -0.39 is 0 Å². The van der Waals surface area contributed by atoms with Crippen molar-refractivity contribution >= 4 is 23.2 Å². The van der Waals surface area contributed by atoms with Crippen molar-refractivity contribution in [3.63, 3.8) is 0 Å². The third-order valence-corrected chi connectivity index (χ3v) is 2.58. The van der Waals surface area contributed by atoms with Crippen LogP contribution in [0, 0.1) is 11.3 Å². The minimum atomic E-state index is 0.630. The number of hydrogen-bond acceptors (Lipinski definition) is 2. The van der Waals surface area contributed by atoms with Gasteiger partial charge in [-0.25, -0.2) is 0 Å². The lowest BCUT2D eigenvalue weighted by Crippen LogP contribution is -2.14. The molecule has 0 aliphatic carbocycles. The van der Waals surface area contributed by atoms with E-state index in [1.807, 2.05) is 12.1 Å². The van der Waals surface area contributed by atoms with Gasteiger partial charge in [-0.05, 0) is 43.1 Å². The van der Waals surface area contributed by atoms with Gasteiger partial charge in [-0.3, -0.25) is 0 Å². The van der Waals surface area contributed by atoms with Gasteiger partial charge in [0.15, 0.2) is 0 Å². The zero-order chi connectivity index (χ0) is 11.8. The highest BCUT2D eigenvalue weighted by atomic mass is 35.5. The minimum absolute atomic E-state index is 0.630. The van der Waals surface area contributed by atoms with Gasteiger partial charge in [-0.1, -0.05) is 23.2 Å². The molecule has 86 valence electrons. The van der Waals surface area contributed by atoms with Crippen molar-refractivity contribution in [2.45, 2.75) is 25.8 Å². The van der Waals surface area contributed by atoms with Gasteiger partial charge in [0.2, 0.25) is 0 Å². The summed E-state index contributed by atoms with van der Waals surface area (Å²) in [5.74, 6) is 0. The van der Waals surface area contributed by atoms with E-state index in [-0.39, 0.29) is 0 Å². The van der Waals surface area contributed by atoms with E-state index in [0.717, 1.165) is 31.5 Å². The van der Waals surface area contributed by atoms with Crippen molar-refractivity contribution in [3.05, 3.63) is 33.8 Å². The molecule has 0 saturated carbocycles. The smallest absolute Gasteiger partial charge is 0.0621 e. The van der Waals surface area contributed by atoms with E-state index in [9.17, 15) is 0 Å². The van der Waals surface area contributed by atoms with Crippen molar-refractivity contribution in [2.75, 3.05) is 6.54 Å².